The van der Waals surface area contributed by atoms with Crippen molar-refractivity contribution in [2.75, 3.05) is 14.2 Å². The maximum absolute atomic E-state index is 12.4. The third-order valence-electron chi connectivity index (χ3n) is 3.74. The highest BCUT2D eigenvalue weighted by atomic mass is 16.5. The number of nitrogens with one attached hydrogen (secondary N) is 2. The van der Waals surface area contributed by atoms with Crippen molar-refractivity contribution in [1.82, 2.24) is 15.5 Å². The Morgan fingerprint density at radius 1 is 1.24 bits per heavy atom. The molecule has 8 heteroatoms. The second-order valence-corrected chi connectivity index (χ2v) is 5.37. The van der Waals surface area contributed by atoms with Gasteiger partial charge in [0.25, 0.3) is 5.91 Å². The molecule has 0 radical (unpaired) electrons. The summed E-state index contributed by atoms with van der Waals surface area (Å²) in [6.45, 7) is 1.94. The van der Waals surface area contributed by atoms with Crippen molar-refractivity contribution < 1.29 is 24.2 Å². The van der Waals surface area contributed by atoms with E-state index in [9.17, 15) is 9.59 Å². The molecule has 3 N–H and O–H groups in total. The summed E-state index contributed by atoms with van der Waals surface area (Å²) in [7, 11) is 3.00. The van der Waals surface area contributed by atoms with Crippen LogP contribution in [0.25, 0.3) is 0 Å². The van der Waals surface area contributed by atoms with Crippen LogP contribution in [0, 0.1) is 0 Å². The third-order valence-corrected chi connectivity index (χ3v) is 3.74. The SMILES string of the molecule is CCc1cc(C(=O)NC(CC(=O)O)c2ccc(OC)c(OC)c2)n[nH]1. The van der Waals surface area contributed by atoms with Gasteiger partial charge in [0.15, 0.2) is 11.5 Å². The summed E-state index contributed by atoms with van der Waals surface area (Å²) in [5.74, 6) is -0.502. The molecule has 1 heterocycles. The van der Waals surface area contributed by atoms with E-state index in [1.165, 1.54) is 14.2 Å². The van der Waals surface area contributed by atoms with Crippen molar-refractivity contribution in [3.05, 3.63) is 41.2 Å². The molecule has 1 aromatic heterocycles. The number of rotatable bonds is 8. The Morgan fingerprint density at radius 3 is 2.52 bits per heavy atom. The van der Waals surface area contributed by atoms with E-state index >= 15 is 0 Å². The number of amides is 1. The van der Waals surface area contributed by atoms with Gasteiger partial charge in [0.05, 0.1) is 26.7 Å². The maximum atomic E-state index is 12.4. The molecule has 1 atom stereocenters. The molecule has 25 heavy (non-hydrogen) atoms. The summed E-state index contributed by atoms with van der Waals surface area (Å²) in [5, 5.41) is 18.6. The minimum Gasteiger partial charge on any atom is -0.493 e. The zero-order chi connectivity index (χ0) is 18.4. The van der Waals surface area contributed by atoms with Crippen LogP contribution in [0.3, 0.4) is 0 Å². The second-order valence-electron chi connectivity index (χ2n) is 5.37. The quantitative estimate of drug-likeness (QED) is 0.672. The highest BCUT2D eigenvalue weighted by Gasteiger charge is 2.21. The number of carbonyl (C=O) groups is 2. The lowest BCUT2D eigenvalue weighted by Crippen LogP contribution is -2.30. The summed E-state index contributed by atoms with van der Waals surface area (Å²) < 4.78 is 10.4. The number of carboxylic acid groups (broad SMARTS) is 1. The Morgan fingerprint density at radius 2 is 1.96 bits per heavy atom. The molecular formula is C17H21N3O5. The molecule has 0 bridgehead atoms. The summed E-state index contributed by atoms with van der Waals surface area (Å²) in [5.41, 5.74) is 1.64. The number of aromatic nitrogens is 2. The van der Waals surface area contributed by atoms with Gasteiger partial charge in [0.1, 0.15) is 5.69 Å². The molecule has 0 fully saturated rings. The number of H-pyrrole nitrogens is 1. The number of carboxylic acids is 1. The van der Waals surface area contributed by atoms with Crippen LogP contribution in [0.2, 0.25) is 0 Å². The van der Waals surface area contributed by atoms with Gasteiger partial charge in [-0.05, 0) is 30.2 Å². The number of hydrogen-bond donors (Lipinski definition) is 3. The second kappa shape index (κ2) is 8.18. The standard InChI is InChI=1S/C17H21N3O5/c1-4-11-8-13(20-19-11)17(23)18-12(9-16(21)22)10-5-6-14(24-2)15(7-10)25-3/h5-8,12H,4,9H2,1-3H3,(H,18,23)(H,19,20)(H,21,22). The van der Waals surface area contributed by atoms with E-state index in [1.54, 1.807) is 24.3 Å². The van der Waals surface area contributed by atoms with Crippen LogP contribution in [0.15, 0.2) is 24.3 Å². The zero-order valence-corrected chi connectivity index (χ0v) is 14.3. The van der Waals surface area contributed by atoms with Gasteiger partial charge in [0, 0.05) is 5.69 Å². The van der Waals surface area contributed by atoms with Crippen LogP contribution in [-0.4, -0.2) is 41.4 Å². The molecule has 0 spiro atoms. The predicted octanol–water partition coefficient (Wildman–Crippen LogP) is 1.94. The molecule has 134 valence electrons. The van der Waals surface area contributed by atoms with E-state index in [0.717, 1.165) is 5.69 Å². The van der Waals surface area contributed by atoms with Crippen molar-refractivity contribution in [2.24, 2.45) is 0 Å². The molecular weight excluding hydrogens is 326 g/mol. The third kappa shape index (κ3) is 4.50. The number of aryl methyl sites for hydroxylation is 1. The molecule has 0 aliphatic rings. The van der Waals surface area contributed by atoms with Crippen molar-refractivity contribution in [3.8, 4) is 11.5 Å². The summed E-state index contributed by atoms with van der Waals surface area (Å²) >= 11 is 0. The fourth-order valence-electron chi connectivity index (χ4n) is 2.39. The van der Waals surface area contributed by atoms with Gasteiger partial charge in [-0.25, -0.2) is 0 Å². The molecule has 1 aromatic carbocycles. The van der Waals surface area contributed by atoms with Gasteiger partial charge in [-0.1, -0.05) is 13.0 Å². The lowest BCUT2D eigenvalue weighted by molar-refractivity contribution is -0.137. The molecule has 2 rings (SSSR count). The number of benzene rings is 1. The smallest absolute Gasteiger partial charge is 0.305 e. The highest BCUT2D eigenvalue weighted by molar-refractivity contribution is 5.92. The first kappa shape index (κ1) is 18.3. The molecule has 0 aliphatic carbocycles. The number of hydrogen-bond acceptors (Lipinski definition) is 5. The number of ether oxygens (including phenoxy) is 2. The van der Waals surface area contributed by atoms with Gasteiger partial charge in [-0.15, -0.1) is 0 Å². The largest absolute Gasteiger partial charge is 0.493 e. The van der Waals surface area contributed by atoms with Crippen molar-refractivity contribution in [1.29, 1.82) is 0 Å². The van der Waals surface area contributed by atoms with E-state index in [0.29, 0.717) is 23.5 Å². The van der Waals surface area contributed by atoms with Crippen LogP contribution in [0.4, 0.5) is 0 Å². The molecule has 8 nitrogen and oxygen atoms in total. The zero-order valence-electron chi connectivity index (χ0n) is 14.3. The molecule has 2 aromatic rings. The fourth-order valence-corrected chi connectivity index (χ4v) is 2.39. The van der Waals surface area contributed by atoms with Crippen LogP contribution in [0.5, 0.6) is 11.5 Å². The summed E-state index contributed by atoms with van der Waals surface area (Å²) in [6.07, 6.45) is 0.445. The van der Waals surface area contributed by atoms with E-state index < -0.39 is 17.9 Å². The Kier molecular flexibility index (Phi) is 5.99. The van der Waals surface area contributed by atoms with E-state index in [4.69, 9.17) is 14.6 Å². The van der Waals surface area contributed by atoms with Crippen molar-refractivity contribution in [3.63, 3.8) is 0 Å². The van der Waals surface area contributed by atoms with Gasteiger partial charge in [0.2, 0.25) is 0 Å². The van der Waals surface area contributed by atoms with Crippen LogP contribution >= 0.6 is 0 Å². The monoisotopic (exact) mass is 347 g/mol. The number of methoxy groups -OCH3 is 2. The fraction of sp³-hybridized carbons (Fsp3) is 0.353. The summed E-state index contributed by atoms with van der Waals surface area (Å²) in [4.78, 5) is 23.6. The predicted molar refractivity (Wildman–Crippen MR) is 90.0 cm³/mol. The Bertz CT molecular complexity index is 756. The number of aromatic amines is 1. The number of carbonyl (C=O) groups excluding carboxylic acids is 1. The van der Waals surface area contributed by atoms with E-state index in [-0.39, 0.29) is 12.1 Å². The normalized spacial score (nSPS) is 11.6. The lowest BCUT2D eigenvalue weighted by atomic mass is 10.0. The van der Waals surface area contributed by atoms with E-state index in [2.05, 4.69) is 15.5 Å². The summed E-state index contributed by atoms with van der Waals surface area (Å²) in [6, 6.07) is 5.92. The molecule has 0 saturated carbocycles. The van der Waals surface area contributed by atoms with Gasteiger partial charge in [-0.2, -0.15) is 5.10 Å². The minimum absolute atomic E-state index is 0.215. The Hall–Kier alpha value is -3.03. The first-order chi connectivity index (χ1) is 12.0. The topological polar surface area (TPSA) is 114 Å². The Labute approximate surface area is 145 Å². The maximum Gasteiger partial charge on any atom is 0.305 e. The average Bonchev–Trinajstić information content (AvgIpc) is 3.09. The number of aliphatic carboxylic acids is 1. The molecule has 1 amide bonds. The lowest BCUT2D eigenvalue weighted by Gasteiger charge is -2.18. The first-order valence-corrected chi connectivity index (χ1v) is 7.77. The van der Waals surface area contributed by atoms with Gasteiger partial charge >= 0.3 is 5.97 Å². The highest BCUT2D eigenvalue weighted by Crippen LogP contribution is 2.31. The Balaban J connectivity index is 2.26. The van der Waals surface area contributed by atoms with Crippen molar-refractivity contribution in [2.45, 2.75) is 25.8 Å². The number of nitrogens with zero attached hydrogens (tertiary/aromatic N) is 1. The minimum atomic E-state index is -1.03. The van der Waals surface area contributed by atoms with Crippen LogP contribution in [-0.2, 0) is 11.2 Å². The van der Waals surface area contributed by atoms with Crippen molar-refractivity contribution >= 4 is 11.9 Å². The first-order valence-electron chi connectivity index (χ1n) is 7.77. The van der Waals surface area contributed by atoms with E-state index in [1.807, 2.05) is 6.92 Å². The van der Waals surface area contributed by atoms with Crippen LogP contribution < -0.4 is 14.8 Å². The molecule has 0 saturated heterocycles. The average molecular weight is 347 g/mol. The molecule has 0 aliphatic heterocycles. The van der Waals surface area contributed by atoms with Gasteiger partial charge in [-0.3, -0.25) is 14.7 Å². The van der Waals surface area contributed by atoms with Gasteiger partial charge < -0.3 is 19.9 Å². The molecule has 1 unspecified atom stereocenters. The van der Waals surface area contributed by atoms with Crippen LogP contribution in [0.1, 0.15) is 41.1 Å².